The highest BCUT2D eigenvalue weighted by Crippen LogP contribution is 2.26. The fraction of sp³-hybridized carbons (Fsp3) is 0.381. The van der Waals surface area contributed by atoms with Gasteiger partial charge in [0.05, 0.1) is 12.9 Å². The molecule has 2 aromatic rings. The SMILES string of the molecule is C=CCN(CC=C)C(=O)CSc1nnc(-c2ccc(OC)cc2)n1CCCC. The summed E-state index contributed by atoms with van der Waals surface area (Å²) in [6.45, 7) is 11.4. The first-order chi connectivity index (χ1) is 13.6. The zero-order valence-corrected chi connectivity index (χ0v) is 17.5. The Morgan fingerprint density at radius 3 is 2.46 bits per heavy atom. The van der Waals surface area contributed by atoms with Gasteiger partial charge in [0.1, 0.15) is 5.75 Å². The first-order valence-electron chi connectivity index (χ1n) is 9.34. The Labute approximate surface area is 171 Å². The van der Waals surface area contributed by atoms with E-state index in [1.165, 1.54) is 11.8 Å². The van der Waals surface area contributed by atoms with Gasteiger partial charge in [-0.2, -0.15) is 0 Å². The number of benzene rings is 1. The van der Waals surface area contributed by atoms with E-state index < -0.39 is 0 Å². The third-order valence-electron chi connectivity index (χ3n) is 4.18. The van der Waals surface area contributed by atoms with Crippen molar-refractivity contribution in [2.24, 2.45) is 0 Å². The molecule has 7 heteroatoms. The third-order valence-corrected chi connectivity index (χ3v) is 5.13. The molecule has 28 heavy (non-hydrogen) atoms. The molecule has 2 rings (SSSR count). The van der Waals surface area contributed by atoms with Crippen molar-refractivity contribution in [3.8, 4) is 17.1 Å². The molecule has 0 unspecified atom stereocenters. The molecule has 1 aromatic heterocycles. The van der Waals surface area contributed by atoms with Crippen LogP contribution in [0.1, 0.15) is 19.8 Å². The minimum Gasteiger partial charge on any atom is -0.497 e. The summed E-state index contributed by atoms with van der Waals surface area (Å²) in [5, 5.41) is 9.48. The molecular weight excluding hydrogens is 372 g/mol. The molecular formula is C21H28N4O2S. The molecule has 0 bridgehead atoms. The van der Waals surface area contributed by atoms with E-state index in [1.807, 2.05) is 24.3 Å². The van der Waals surface area contributed by atoms with Crippen LogP contribution in [0.4, 0.5) is 0 Å². The second-order valence-corrected chi connectivity index (χ2v) is 7.15. The van der Waals surface area contributed by atoms with Gasteiger partial charge < -0.3 is 14.2 Å². The second-order valence-electron chi connectivity index (χ2n) is 6.20. The van der Waals surface area contributed by atoms with Gasteiger partial charge in [-0.3, -0.25) is 4.79 Å². The summed E-state index contributed by atoms with van der Waals surface area (Å²) in [6, 6.07) is 7.77. The van der Waals surface area contributed by atoms with E-state index in [0.29, 0.717) is 18.8 Å². The van der Waals surface area contributed by atoms with Crippen molar-refractivity contribution in [2.75, 3.05) is 26.0 Å². The lowest BCUT2D eigenvalue weighted by Gasteiger charge is -2.19. The highest BCUT2D eigenvalue weighted by Gasteiger charge is 2.17. The molecule has 1 amide bonds. The van der Waals surface area contributed by atoms with Crippen LogP contribution in [0, 0.1) is 0 Å². The Bertz CT molecular complexity index is 776. The maximum Gasteiger partial charge on any atom is 0.233 e. The number of thioether (sulfide) groups is 1. The van der Waals surface area contributed by atoms with Crippen LogP contribution in [0.15, 0.2) is 54.7 Å². The lowest BCUT2D eigenvalue weighted by molar-refractivity contribution is -0.127. The van der Waals surface area contributed by atoms with E-state index in [0.717, 1.165) is 41.7 Å². The van der Waals surface area contributed by atoms with Crippen LogP contribution in [0.25, 0.3) is 11.4 Å². The number of unbranched alkanes of at least 4 members (excludes halogenated alkanes) is 1. The zero-order chi connectivity index (χ0) is 20.4. The third kappa shape index (κ3) is 5.73. The number of aromatic nitrogens is 3. The van der Waals surface area contributed by atoms with Gasteiger partial charge in [0.2, 0.25) is 5.91 Å². The molecule has 0 aliphatic carbocycles. The van der Waals surface area contributed by atoms with Crippen LogP contribution in [0.5, 0.6) is 5.75 Å². The van der Waals surface area contributed by atoms with Gasteiger partial charge in [0.15, 0.2) is 11.0 Å². The van der Waals surface area contributed by atoms with Gasteiger partial charge in [-0.15, -0.1) is 23.4 Å². The predicted molar refractivity (Wildman–Crippen MR) is 115 cm³/mol. The normalized spacial score (nSPS) is 10.5. The summed E-state index contributed by atoms with van der Waals surface area (Å²) in [5.74, 6) is 1.93. The maximum absolute atomic E-state index is 12.5. The van der Waals surface area contributed by atoms with E-state index in [2.05, 4.69) is 34.8 Å². The molecule has 0 spiro atoms. The number of ether oxygens (including phenoxy) is 1. The lowest BCUT2D eigenvalue weighted by atomic mass is 10.2. The van der Waals surface area contributed by atoms with Crippen LogP contribution in [0.2, 0.25) is 0 Å². The van der Waals surface area contributed by atoms with Crippen LogP contribution >= 0.6 is 11.8 Å². The van der Waals surface area contributed by atoms with E-state index in [-0.39, 0.29) is 5.91 Å². The summed E-state index contributed by atoms with van der Waals surface area (Å²) in [6.07, 6.45) is 5.52. The minimum absolute atomic E-state index is 0.0286. The van der Waals surface area contributed by atoms with Crippen molar-refractivity contribution in [3.05, 3.63) is 49.6 Å². The maximum atomic E-state index is 12.5. The molecule has 0 N–H and O–H groups in total. The van der Waals surface area contributed by atoms with Crippen molar-refractivity contribution < 1.29 is 9.53 Å². The average molecular weight is 401 g/mol. The van der Waals surface area contributed by atoms with Crippen LogP contribution in [-0.2, 0) is 11.3 Å². The van der Waals surface area contributed by atoms with Gasteiger partial charge >= 0.3 is 0 Å². The van der Waals surface area contributed by atoms with Gasteiger partial charge in [0.25, 0.3) is 0 Å². The van der Waals surface area contributed by atoms with Crippen molar-refractivity contribution >= 4 is 17.7 Å². The monoisotopic (exact) mass is 400 g/mol. The largest absolute Gasteiger partial charge is 0.497 e. The molecule has 0 aliphatic rings. The number of hydrogen-bond acceptors (Lipinski definition) is 5. The summed E-state index contributed by atoms with van der Waals surface area (Å²) in [4.78, 5) is 14.2. The lowest BCUT2D eigenvalue weighted by Crippen LogP contribution is -2.32. The van der Waals surface area contributed by atoms with Gasteiger partial charge in [-0.1, -0.05) is 37.3 Å². The first-order valence-corrected chi connectivity index (χ1v) is 10.3. The van der Waals surface area contributed by atoms with Crippen LogP contribution < -0.4 is 4.74 Å². The van der Waals surface area contributed by atoms with E-state index in [1.54, 1.807) is 24.2 Å². The number of carbonyl (C=O) groups excluding carboxylic acids is 1. The topological polar surface area (TPSA) is 60.3 Å². The fourth-order valence-electron chi connectivity index (χ4n) is 2.67. The van der Waals surface area contributed by atoms with Crippen LogP contribution in [-0.4, -0.2) is 51.5 Å². The van der Waals surface area contributed by atoms with Crippen molar-refractivity contribution in [1.29, 1.82) is 0 Å². The molecule has 0 aliphatic heterocycles. The Balaban J connectivity index is 2.19. The van der Waals surface area contributed by atoms with Crippen molar-refractivity contribution in [2.45, 2.75) is 31.5 Å². The second kappa shape index (κ2) is 11.3. The number of rotatable bonds is 12. The van der Waals surface area contributed by atoms with E-state index in [4.69, 9.17) is 4.74 Å². The van der Waals surface area contributed by atoms with Crippen LogP contribution in [0.3, 0.4) is 0 Å². The molecule has 1 heterocycles. The van der Waals surface area contributed by atoms with E-state index >= 15 is 0 Å². The number of methoxy groups -OCH3 is 1. The molecule has 0 saturated carbocycles. The Kier molecular flexibility index (Phi) is 8.81. The zero-order valence-electron chi connectivity index (χ0n) is 16.6. The fourth-order valence-corrected chi connectivity index (χ4v) is 3.54. The first kappa shape index (κ1) is 21.8. The van der Waals surface area contributed by atoms with Crippen molar-refractivity contribution in [1.82, 2.24) is 19.7 Å². The number of hydrogen-bond donors (Lipinski definition) is 0. The van der Waals surface area contributed by atoms with Gasteiger partial charge in [0, 0.05) is 25.2 Å². The number of carbonyl (C=O) groups is 1. The minimum atomic E-state index is 0.0286. The number of amides is 1. The predicted octanol–water partition coefficient (Wildman–Crippen LogP) is 4.05. The van der Waals surface area contributed by atoms with E-state index in [9.17, 15) is 4.79 Å². The molecule has 0 radical (unpaired) electrons. The molecule has 0 atom stereocenters. The average Bonchev–Trinajstić information content (AvgIpc) is 3.13. The standard InChI is InChI=1S/C21H28N4O2S/c1-5-8-15-25-20(17-9-11-18(27-4)12-10-17)22-23-21(25)28-16-19(26)24(13-6-2)14-7-3/h6-7,9-12H,2-3,5,8,13-16H2,1,4H3. The summed E-state index contributed by atoms with van der Waals surface area (Å²) in [5.41, 5.74) is 0.975. The molecule has 0 fully saturated rings. The van der Waals surface area contributed by atoms with Gasteiger partial charge in [-0.25, -0.2) is 0 Å². The molecule has 6 nitrogen and oxygen atoms in total. The smallest absolute Gasteiger partial charge is 0.233 e. The Morgan fingerprint density at radius 2 is 1.89 bits per heavy atom. The Morgan fingerprint density at radius 1 is 1.21 bits per heavy atom. The molecule has 150 valence electrons. The number of nitrogens with zero attached hydrogens (tertiary/aromatic N) is 4. The highest BCUT2D eigenvalue weighted by molar-refractivity contribution is 7.99. The molecule has 0 saturated heterocycles. The molecule has 1 aromatic carbocycles. The quantitative estimate of drug-likeness (QED) is 0.397. The summed E-state index contributed by atoms with van der Waals surface area (Å²) >= 11 is 1.41. The summed E-state index contributed by atoms with van der Waals surface area (Å²) in [7, 11) is 1.65. The summed E-state index contributed by atoms with van der Waals surface area (Å²) < 4.78 is 7.32. The van der Waals surface area contributed by atoms with Crippen molar-refractivity contribution in [3.63, 3.8) is 0 Å². The highest BCUT2D eigenvalue weighted by atomic mass is 32.2. The Hall–Kier alpha value is -2.54. The van der Waals surface area contributed by atoms with Gasteiger partial charge in [-0.05, 0) is 30.7 Å².